The molecule has 0 aliphatic carbocycles. The molecule has 1 atom stereocenters. The van der Waals surface area contributed by atoms with Gasteiger partial charge in [-0.2, -0.15) is 5.10 Å². The number of hydrogen-bond acceptors (Lipinski definition) is 5. The van der Waals surface area contributed by atoms with Crippen molar-refractivity contribution in [2.45, 2.75) is 25.3 Å². The molecule has 1 saturated heterocycles. The minimum atomic E-state index is 0.368. The second-order valence-corrected chi connectivity index (χ2v) is 8.40. The van der Waals surface area contributed by atoms with Crippen molar-refractivity contribution in [3.05, 3.63) is 59.1 Å². The van der Waals surface area contributed by atoms with Crippen molar-refractivity contribution in [3.63, 3.8) is 0 Å². The van der Waals surface area contributed by atoms with E-state index in [4.69, 9.17) is 16.6 Å². The topological polar surface area (TPSA) is 50.1 Å². The van der Waals surface area contributed by atoms with Crippen LogP contribution in [0.1, 0.15) is 30.0 Å². The molecule has 4 rings (SSSR count). The summed E-state index contributed by atoms with van der Waals surface area (Å²) in [6, 6.07) is 7.96. The Bertz CT molecular complexity index is 966. The van der Waals surface area contributed by atoms with Gasteiger partial charge in [0.2, 0.25) is 5.95 Å². The lowest BCUT2D eigenvalue weighted by atomic mass is 9.90. The monoisotopic (exact) mass is 410 g/mol. The van der Waals surface area contributed by atoms with E-state index in [-0.39, 0.29) is 0 Å². The largest absolute Gasteiger partial charge is 0.347 e. The summed E-state index contributed by atoms with van der Waals surface area (Å²) in [7, 11) is 5.93. The van der Waals surface area contributed by atoms with Gasteiger partial charge in [-0.15, -0.1) is 0 Å². The zero-order chi connectivity index (χ0) is 20.4. The molecule has 1 aliphatic rings. The highest BCUT2D eigenvalue weighted by atomic mass is 35.5. The fraction of sp³-hybridized carbons (Fsp3) is 0.409. The maximum atomic E-state index is 6.10. The van der Waals surface area contributed by atoms with Crippen LogP contribution in [0, 0.1) is 0 Å². The third kappa shape index (κ3) is 4.60. The summed E-state index contributed by atoms with van der Waals surface area (Å²) < 4.78 is 1.86. The van der Waals surface area contributed by atoms with Crippen LogP contribution in [0.2, 0.25) is 5.02 Å². The first kappa shape index (κ1) is 19.9. The molecule has 0 N–H and O–H groups in total. The lowest BCUT2D eigenvalue weighted by Crippen LogP contribution is -2.34. The molecule has 0 spiro atoms. The Morgan fingerprint density at radius 2 is 1.97 bits per heavy atom. The number of benzene rings is 1. The fourth-order valence-electron chi connectivity index (χ4n) is 4.00. The van der Waals surface area contributed by atoms with Gasteiger partial charge in [0.1, 0.15) is 0 Å². The second kappa shape index (κ2) is 8.51. The van der Waals surface area contributed by atoms with Crippen LogP contribution in [0.15, 0.2) is 42.9 Å². The molecular formula is C22H27ClN6. The van der Waals surface area contributed by atoms with E-state index < -0.39 is 0 Å². The average Bonchev–Trinajstić information content (AvgIpc) is 3.13. The van der Waals surface area contributed by atoms with Gasteiger partial charge in [-0.1, -0.05) is 23.7 Å². The molecule has 0 radical (unpaired) electrons. The van der Waals surface area contributed by atoms with E-state index in [0.717, 1.165) is 60.3 Å². The summed E-state index contributed by atoms with van der Waals surface area (Å²) in [5, 5.41) is 5.04. The summed E-state index contributed by atoms with van der Waals surface area (Å²) in [5.74, 6) is 1.12. The highest BCUT2D eigenvalue weighted by Crippen LogP contribution is 2.34. The van der Waals surface area contributed by atoms with E-state index in [1.165, 1.54) is 5.56 Å². The number of hydrogen-bond donors (Lipinski definition) is 0. The van der Waals surface area contributed by atoms with Gasteiger partial charge in [0, 0.05) is 68.7 Å². The van der Waals surface area contributed by atoms with Gasteiger partial charge in [-0.3, -0.25) is 9.58 Å². The third-order valence-corrected chi connectivity index (χ3v) is 5.67. The van der Waals surface area contributed by atoms with Crippen LogP contribution in [0.4, 0.5) is 5.95 Å². The number of aromatic nitrogens is 4. The quantitative estimate of drug-likeness (QED) is 0.636. The minimum absolute atomic E-state index is 0.368. The van der Waals surface area contributed by atoms with Gasteiger partial charge >= 0.3 is 0 Å². The first-order valence-electron chi connectivity index (χ1n) is 9.99. The van der Waals surface area contributed by atoms with Crippen LogP contribution >= 0.6 is 11.6 Å². The minimum Gasteiger partial charge on any atom is -0.347 e. The molecule has 0 saturated carbocycles. The highest BCUT2D eigenvalue weighted by Gasteiger charge is 2.26. The Morgan fingerprint density at radius 3 is 2.66 bits per heavy atom. The van der Waals surface area contributed by atoms with E-state index in [2.05, 4.69) is 33.3 Å². The van der Waals surface area contributed by atoms with Crippen molar-refractivity contribution in [1.29, 1.82) is 0 Å². The van der Waals surface area contributed by atoms with Crippen LogP contribution in [0.5, 0.6) is 0 Å². The molecule has 6 nitrogen and oxygen atoms in total. The van der Waals surface area contributed by atoms with Crippen molar-refractivity contribution in [2.75, 3.05) is 32.1 Å². The lowest BCUT2D eigenvalue weighted by molar-refractivity contribution is 0.198. The van der Waals surface area contributed by atoms with Gasteiger partial charge in [-0.25, -0.2) is 9.97 Å². The van der Waals surface area contributed by atoms with Gasteiger partial charge in [-0.05, 0) is 37.1 Å². The Labute approximate surface area is 177 Å². The zero-order valence-corrected chi connectivity index (χ0v) is 18.0. The number of rotatable bonds is 5. The van der Waals surface area contributed by atoms with E-state index >= 15 is 0 Å². The zero-order valence-electron chi connectivity index (χ0n) is 17.2. The summed E-state index contributed by atoms with van der Waals surface area (Å²) in [6.07, 6.45) is 8.30. The van der Waals surface area contributed by atoms with Crippen LogP contribution < -0.4 is 4.90 Å². The lowest BCUT2D eigenvalue weighted by Gasteiger charge is -2.33. The second-order valence-electron chi connectivity index (χ2n) is 7.97. The molecule has 1 aliphatic heterocycles. The highest BCUT2D eigenvalue weighted by molar-refractivity contribution is 6.30. The predicted octanol–water partition coefficient (Wildman–Crippen LogP) is 3.98. The van der Waals surface area contributed by atoms with Crippen molar-refractivity contribution in [2.24, 2.45) is 7.05 Å². The molecule has 2 aromatic heterocycles. The fourth-order valence-corrected chi connectivity index (χ4v) is 4.12. The number of aryl methyl sites for hydroxylation is 1. The molecule has 1 aromatic carbocycles. The van der Waals surface area contributed by atoms with Crippen LogP contribution in [-0.4, -0.2) is 51.8 Å². The molecule has 7 heteroatoms. The summed E-state index contributed by atoms with van der Waals surface area (Å²) in [4.78, 5) is 14.0. The van der Waals surface area contributed by atoms with Crippen molar-refractivity contribution >= 4 is 17.5 Å². The Hall–Kier alpha value is -2.44. The number of halogens is 1. The molecule has 0 amide bonds. The molecule has 3 aromatic rings. The first-order valence-corrected chi connectivity index (χ1v) is 10.4. The van der Waals surface area contributed by atoms with Gasteiger partial charge < -0.3 is 4.90 Å². The van der Waals surface area contributed by atoms with E-state index in [1.807, 2.05) is 55.3 Å². The number of anilines is 1. The van der Waals surface area contributed by atoms with E-state index in [9.17, 15) is 0 Å². The molecule has 3 heterocycles. The van der Waals surface area contributed by atoms with Crippen LogP contribution in [0.25, 0.3) is 11.1 Å². The maximum Gasteiger partial charge on any atom is 0.225 e. The Balaban J connectivity index is 1.64. The summed E-state index contributed by atoms with van der Waals surface area (Å²) in [5.41, 5.74) is 4.59. The third-order valence-electron chi connectivity index (χ3n) is 5.42. The van der Waals surface area contributed by atoms with Gasteiger partial charge in [0.05, 0.1) is 11.9 Å². The summed E-state index contributed by atoms with van der Waals surface area (Å²) >= 11 is 6.10. The van der Waals surface area contributed by atoms with Gasteiger partial charge in [0.25, 0.3) is 0 Å². The van der Waals surface area contributed by atoms with Crippen LogP contribution in [0.3, 0.4) is 0 Å². The van der Waals surface area contributed by atoms with E-state index in [0.29, 0.717) is 5.92 Å². The number of nitrogens with zero attached hydrogens (tertiary/aromatic N) is 6. The first-order chi connectivity index (χ1) is 14.0. The van der Waals surface area contributed by atoms with Crippen molar-refractivity contribution < 1.29 is 0 Å². The van der Waals surface area contributed by atoms with Gasteiger partial charge in [0.15, 0.2) is 0 Å². The predicted molar refractivity (Wildman–Crippen MR) is 117 cm³/mol. The van der Waals surface area contributed by atoms with Crippen molar-refractivity contribution in [1.82, 2.24) is 24.6 Å². The van der Waals surface area contributed by atoms with Crippen LogP contribution in [-0.2, 0) is 13.6 Å². The van der Waals surface area contributed by atoms with E-state index in [1.54, 1.807) is 0 Å². The average molecular weight is 411 g/mol. The summed E-state index contributed by atoms with van der Waals surface area (Å²) in [6.45, 7) is 3.01. The number of piperidine rings is 1. The molecular weight excluding hydrogens is 384 g/mol. The molecule has 29 heavy (non-hydrogen) atoms. The standard InChI is InChI=1S/C22H27ClN6/c1-27(2)22-24-12-20(17-6-8-19(23)9-7-17)21(26-22)18-5-4-10-29(15-18)14-16-11-25-28(3)13-16/h6-9,11-13,18H,4-5,10,14-15H2,1-3H3/t18-/m0/s1. The molecule has 0 bridgehead atoms. The molecule has 152 valence electrons. The maximum absolute atomic E-state index is 6.10. The number of likely N-dealkylation sites (tertiary alicyclic amines) is 1. The molecule has 0 unspecified atom stereocenters. The SMILES string of the molecule is CN(C)c1ncc(-c2ccc(Cl)cc2)c([C@H]2CCCN(Cc3cnn(C)c3)C2)n1. The normalized spacial score (nSPS) is 17.4. The van der Waals surface area contributed by atoms with Crippen molar-refractivity contribution in [3.8, 4) is 11.1 Å². The Kier molecular flexibility index (Phi) is 5.83. The molecule has 1 fully saturated rings. The smallest absolute Gasteiger partial charge is 0.225 e. The Morgan fingerprint density at radius 1 is 1.17 bits per heavy atom.